The van der Waals surface area contributed by atoms with Crippen molar-refractivity contribution in [2.75, 3.05) is 19.6 Å². The number of hydrogen-bond acceptors (Lipinski definition) is 3. The normalized spacial score (nSPS) is 16.3. The smallest absolute Gasteiger partial charge is 0.253 e. The second-order valence-electron chi connectivity index (χ2n) is 9.04. The van der Waals surface area contributed by atoms with Gasteiger partial charge in [-0.05, 0) is 80.1 Å². The number of aryl methyl sites for hydroxylation is 2. The summed E-state index contributed by atoms with van der Waals surface area (Å²) in [7, 11) is 0. The van der Waals surface area contributed by atoms with Crippen molar-refractivity contribution in [3.63, 3.8) is 0 Å². The van der Waals surface area contributed by atoms with Gasteiger partial charge in [-0.1, -0.05) is 49.4 Å². The number of H-pyrrole nitrogens is 1. The fourth-order valence-corrected chi connectivity index (χ4v) is 4.98. The van der Waals surface area contributed by atoms with Crippen LogP contribution in [0.1, 0.15) is 42.0 Å². The highest BCUT2D eigenvalue weighted by atomic mass is 32.1. The highest BCUT2D eigenvalue weighted by Crippen LogP contribution is 2.21. The number of likely N-dealkylation sites (N-methyl/N-ethyl adjacent to an activating group) is 1. The maximum atomic E-state index is 13.0. The van der Waals surface area contributed by atoms with Gasteiger partial charge in [0.2, 0.25) is 0 Å². The van der Waals surface area contributed by atoms with Gasteiger partial charge in [0.15, 0.2) is 5.11 Å². The number of thiocarbonyl (C=S) groups is 1. The molecule has 2 N–H and O–H groups in total. The largest absolute Gasteiger partial charge is 0.358 e. The minimum atomic E-state index is -0.0363. The molecule has 6 heteroatoms. The van der Waals surface area contributed by atoms with Gasteiger partial charge in [-0.2, -0.15) is 0 Å². The Bertz CT molecular complexity index is 1170. The Morgan fingerprint density at radius 3 is 2.76 bits per heavy atom. The van der Waals surface area contributed by atoms with Crippen LogP contribution in [-0.4, -0.2) is 45.6 Å². The van der Waals surface area contributed by atoms with Crippen LogP contribution in [0, 0.1) is 13.8 Å². The first kappa shape index (κ1) is 23.5. The van der Waals surface area contributed by atoms with Crippen molar-refractivity contribution in [3.05, 3.63) is 81.1 Å². The Morgan fingerprint density at radius 1 is 1.21 bits per heavy atom. The van der Waals surface area contributed by atoms with Crippen LogP contribution in [0.2, 0.25) is 0 Å². The van der Waals surface area contributed by atoms with Crippen LogP contribution >= 0.6 is 12.2 Å². The first-order valence-corrected chi connectivity index (χ1v) is 12.3. The third-order valence-electron chi connectivity index (χ3n) is 6.90. The summed E-state index contributed by atoms with van der Waals surface area (Å²) in [6, 6.07) is 17.0. The molecule has 1 aliphatic rings. The van der Waals surface area contributed by atoms with Gasteiger partial charge in [-0.3, -0.25) is 9.69 Å². The van der Waals surface area contributed by atoms with Gasteiger partial charge in [-0.15, -0.1) is 0 Å². The minimum Gasteiger partial charge on any atom is -0.358 e. The lowest BCUT2D eigenvalue weighted by molar-refractivity contribution is 0.219. The molecule has 0 bridgehead atoms. The molecule has 5 nitrogen and oxygen atoms in total. The second-order valence-corrected chi connectivity index (χ2v) is 9.43. The van der Waals surface area contributed by atoms with Crippen molar-refractivity contribution in [1.82, 2.24) is 20.1 Å². The van der Waals surface area contributed by atoms with Crippen molar-refractivity contribution in [3.8, 4) is 0 Å². The Morgan fingerprint density at radius 2 is 2.00 bits per heavy atom. The fraction of sp³-hybridized carbons (Fsp3) is 0.407. The number of hydrogen-bond donors (Lipinski definition) is 2. The van der Waals surface area contributed by atoms with E-state index < -0.39 is 0 Å². The van der Waals surface area contributed by atoms with Crippen LogP contribution in [0.4, 0.5) is 0 Å². The summed E-state index contributed by atoms with van der Waals surface area (Å²) in [5.41, 5.74) is 5.12. The molecule has 1 fully saturated rings. The van der Waals surface area contributed by atoms with Gasteiger partial charge in [0.1, 0.15) is 0 Å². The summed E-state index contributed by atoms with van der Waals surface area (Å²) >= 11 is 5.84. The molecular weight excluding hydrogens is 428 g/mol. The van der Waals surface area contributed by atoms with E-state index in [2.05, 4.69) is 65.1 Å². The molecule has 1 saturated heterocycles. The predicted molar refractivity (Wildman–Crippen MR) is 141 cm³/mol. The number of fused-ring (bicyclic) bond motifs is 1. The first-order chi connectivity index (χ1) is 16.0. The van der Waals surface area contributed by atoms with Crippen LogP contribution < -0.4 is 10.9 Å². The summed E-state index contributed by atoms with van der Waals surface area (Å²) in [6.07, 6.45) is 2.38. The number of rotatable bonds is 7. The molecule has 1 aromatic heterocycles. The van der Waals surface area contributed by atoms with Crippen LogP contribution in [0.3, 0.4) is 0 Å². The molecule has 2 aromatic carbocycles. The molecule has 0 unspecified atom stereocenters. The van der Waals surface area contributed by atoms with Gasteiger partial charge >= 0.3 is 0 Å². The van der Waals surface area contributed by atoms with E-state index in [9.17, 15) is 4.79 Å². The lowest BCUT2D eigenvalue weighted by Gasteiger charge is -2.32. The average Bonchev–Trinajstić information content (AvgIpc) is 3.28. The minimum absolute atomic E-state index is 0.0363. The third kappa shape index (κ3) is 5.45. The second kappa shape index (κ2) is 10.5. The number of pyridine rings is 1. The lowest BCUT2D eigenvalue weighted by Crippen LogP contribution is -2.46. The molecule has 3 aromatic rings. The van der Waals surface area contributed by atoms with Crippen molar-refractivity contribution in [2.24, 2.45) is 0 Å². The maximum Gasteiger partial charge on any atom is 0.253 e. The Kier molecular flexibility index (Phi) is 7.46. The molecule has 0 spiro atoms. The molecule has 1 aliphatic heterocycles. The van der Waals surface area contributed by atoms with Gasteiger partial charge in [0, 0.05) is 24.7 Å². The van der Waals surface area contributed by atoms with Crippen LogP contribution in [0.25, 0.3) is 10.9 Å². The van der Waals surface area contributed by atoms with E-state index in [-0.39, 0.29) is 5.56 Å². The fourth-order valence-electron chi connectivity index (χ4n) is 4.77. The topological polar surface area (TPSA) is 51.4 Å². The van der Waals surface area contributed by atoms with Gasteiger partial charge in [-0.25, -0.2) is 0 Å². The van der Waals surface area contributed by atoms with Gasteiger partial charge in [0.05, 0.1) is 12.1 Å². The molecule has 174 valence electrons. The zero-order valence-electron chi connectivity index (χ0n) is 19.9. The molecule has 4 rings (SSSR count). The van der Waals surface area contributed by atoms with E-state index in [0.29, 0.717) is 24.2 Å². The number of benzene rings is 2. The molecule has 0 amide bonds. The SMILES string of the molecule is CCN1CCC[C@H]1CN(Cc1cc2ccc(C)c(C)c2[nH]c1=O)C(=S)NCc1ccccc1. The summed E-state index contributed by atoms with van der Waals surface area (Å²) < 4.78 is 0. The molecule has 2 heterocycles. The molecular formula is C27H34N4OS. The lowest BCUT2D eigenvalue weighted by atomic mass is 10.0. The van der Waals surface area contributed by atoms with Crippen molar-refractivity contribution in [2.45, 2.75) is 52.7 Å². The summed E-state index contributed by atoms with van der Waals surface area (Å²) in [6.45, 7) is 10.5. The van der Waals surface area contributed by atoms with Crippen molar-refractivity contribution >= 4 is 28.2 Å². The Balaban J connectivity index is 1.58. The third-order valence-corrected chi connectivity index (χ3v) is 7.30. The number of aromatic amines is 1. The van der Waals surface area contributed by atoms with E-state index >= 15 is 0 Å². The quantitative estimate of drug-likeness (QED) is 0.506. The van der Waals surface area contributed by atoms with E-state index in [1.54, 1.807) is 0 Å². The van der Waals surface area contributed by atoms with Crippen LogP contribution in [0.5, 0.6) is 0 Å². The van der Waals surface area contributed by atoms with Crippen molar-refractivity contribution < 1.29 is 0 Å². The summed E-state index contributed by atoms with van der Waals surface area (Å²) in [5.74, 6) is 0. The predicted octanol–water partition coefficient (Wildman–Crippen LogP) is 4.51. The van der Waals surface area contributed by atoms with Crippen molar-refractivity contribution in [1.29, 1.82) is 0 Å². The Hall–Kier alpha value is -2.70. The number of nitrogens with one attached hydrogen (secondary N) is 2. The number of nitrogens with zero attached hydrogens (tertiary/aromatic N) is 2. The monoisotopic (exact) mass is 462 g/mol. The van der Waals surface area contributed by atoms with Gasteiger partial charge in [0.25, 0.3) is 5.56 Å². The highest BCUT2D eigenvalue weighted by Gasteiger charge is 2.26. The summed E-state index contributed by atoms with van der Waals surface area (Å²) in [4.78, 5) is 20.9. The maximum absolute atomic E-state index is 13.0. The van der Waals surface area contributed by atoms with Crippen LogP contribution in [0.15, 0.2) is 53.3 Å². The summed E-state index contributed by atoms with van der Waals surface area (Å²) in [5, 5.41) is 5.18. The van der Waals surface area contributed by atoms with E-state index in [1.807, 2.05) is 24.3 Å². The average molecular weight is 463 g/mol. The highest BCUT2D eigenvalue weighted by molar-refractivity contribution is 7.80. The van der Waals surface area contributed by atoms with E-state index in [0.717, 1.165) is 48.1 Å². The van der Waals surface area contributed by atoms with Gasteiger partial charge < -0.3 is 15.2 Å². The zero-order chi connectivity index (χ0) is 23.4. The molecule has 1 atom stereocenters. The standard InChI is InChI=1S/C27H34N4OS/c1-4-30-14-8-11-24(30)18-31(27(33)28-16-21-9-6-5-7-10-21)17-23-15-22-13-12-19(2)20(3)25(22)29-26(23)32/h5-7,9-10,12-13,15,24H,4,8,11,14,16-18H2,1-3H3,(H,28,33)(H,29,32)/t24-/m0/s1. The van der Waals surface area contributed by atoms with Crippen LogP contribution in [-0.2, 0) is 13.1 Å². The number of likely N-dealkylation sites (tertiary alicyclic amines) is 1. The number of aromatic nitrogens is 1. The molecule has 33 heavy (non-hydrogen) atoms. The molecule has 0 radical (unpaired) electrons. The molecule has 0 aliphatic carbocycles. The zero-order valence-corrected chi connectivity index (χ0v) is 20.7. The first-order valence-electron chi connectivity index (χ1n) is 11.9. The molecule has 0 saturated carbocycles. The van der Waals surface area contributed by atoms with E-state index in [1.165, 1.54) is 17.5 Å². The Labute approximate surface area is 201 Å². The van der Waals surface area contributed by atoms with E-state index in [4.69, 9.17) is 12.2 Å².